The van der Waals surface area contributed by atoms with Gasteiger partial charge >= 0.3 is 0 Å². The first-order valence-corrected chi connectivity index (χ1v) is 13.8. The smallest absolute Gasteiger partial charge is 0.260 e. The Kier molecular flexibility index (Phi) is 8.57. The van der Waals surface area contributed by atoms with Gasteiger partial charge in [-0.1, -0.05) is 25.2 Å². The summed E-state index contributed by atoms with van der Waals surface area (Å²) in [6.07, 6.45) is 1.17. The Morgan fingerprint density at radius 1 is 0.971 bits per heavy atom. The van der Waals surface area contributed by atoms with Gasteiger partial charge in [-0.3, -0.25) is 9.69 Å². The number of carbonyl (C=O) groups excluding carboxylic acids is 1. The van der Waals surface area contributed by atoms with Crippen LogP contribution in [0.1, 0.15) is 24.2 Å². The number of hydrogen-bond acceptors (Lipinski definition) is 9. The number of aromatic nitrogens is 1. The van der Waals surface area contributed by atoms with Crippen LogP contribution in [0.4, 0.5) is 5.13 Å². The second-order valence-electron chi connectivity index (χ2n) is 7.80. The zero-order chi connectivity index (χ0) is 25.8. The number of thiazole rings is 1. The van der Waals surface area contributed by atoms with Gasteiger partial charge in [-0.25, -0.2) is 13.4 Å². The van der Waals surface area contributed by atoms with E-state index in [-0.39, 0.29) is 10.8 Å². The molecule has 0 saturated heterocycles. The van der Waals surface area contributed by atoms with Gasteiger partial charge < -0.3 is 19.1 Å². The number of nitrogens with zero attached hydrogens (tertiary/aromatic N) is 3. The number of rotatable bonds is 11. The standard InChI is InChI=1S/C24H31N3O6S2/c1-7-26(8-2)11-12-27(23(28)16-13-19(31-3)22(33-5)20(14-16)32-4)24-25-18-10-9-17(35(6,29)30)15-21(18)34-24/h9-10,13-15H,7-8,11-12H2,1-6H3. The summed E-state index contributed by atoms with van der Waals surface area (Å²) in [5.41, 5.74) is 0.984. The van der Waals surface area contributed by atoms with E-state index >= 15 is 0 Å². The van der Waals surface area contributed by atoms with Crippen LogP contribution in [0.25, 0.3) is 10.2 Å². The van der Waals surface area contributed by atoms with E-state index in [4.69, 9.17) is 14.2 Å². The molecule has 0 aliphatic carbocycles. The molecule has 0 spiro atoms. The number of methoxy groups -OCH3 is 3. The maximum atomic E-state index is 13.8. The zero-order valence-electron chi connectivity index (χ0n) is 20.8. The van der Waals surface area contributed by atoms with E-state index in [1.807, 2.05) is 0 Å². The van der Waals surface area contributed by atoms with Crippen LogP contribution in [-0.4, -0.2) is 78.0 Å². The molecule has 1 aromatic heterocycles. The maximum absolute atomic E-state index is 13.8. The van der Waals surface area contributed by atoms with Gasteiger partial charge in [0.2, 0.25) is 5.75 Å². The number of sulfone groups is 1. The molecule has 0 atom stereocenters. The number of ether oxygens (including phenoxy) is 3. The van der Waals surface area contributed by atoms with Gasteiger partial charge in [0.15, 0.2) is 26.5 Å². The third-order valence-electron chi connectivity index (χ3n) is 5.70. The van der Waals surface area contributed by atoms with E-state index in [0.717, 1.165) is 13.1 Å². The fourth-order valence-electron chi connectivity index (χ4n) is 3.66. The minimum atomic E-state index is -3.36. The first-order chi connectivity index (χ1) is 16.7. The van der Waals surface area contributed by atoms with E-state index in [1.54, 1.807) is 29.2 Å². The largest absolute Gasteiger partial charge is 0.493 e. The van der Waals surface area contributed by atoms with Gasteiger partial charge in [0.05, 0.1) is 36.4 Å². The Labute approximate surface area is 210 Å². The predicted molar refractivity (Wildman–Crippen MR) is 138 cm³/mol. The molecule has 1 amide bonds. The van der Waals surface area contributed by atoms with Gasteiger partial charge in [-0.05, 0) is 43.4 Å². The molecule has 190 valence electrons. The first kappa shape index (κ1) is 26.7. The normalized spacial score (nSPS) is 11.6. The van der Waals surface area contributed by atoms with Crippen LogP contribution in [0.3, 0.4) is 0 Å². The second-order valence-corrected chi connectivity index (χ2v) is 10.8. The van der Waals surface area contributed by atoms with Gasteiger partial charge in [0.25, 0.3) is 5.91 Å². The highest BCUT2D eigenvalue weighted by Crippen LogP contribution is 2.39. The lowest BCUT2D eigenvalue weighted by Gasteiger charge is -2.25. The van der Waals surface area contributed by atoms with Crippen LogP contribution in [0.5, 0.6) is 17.2 Å². The highest BCUT2D eigenvalue weighted by atomic mass is 32.2. The average molecular weight is 522 g/mol. The highest BCUT2D eigenvalue weighted by molar-refractivity contribution is 7.90. The van der Waals surface area contributed by atoms with Crippen LogP contribution < -0.4 is 19.1 Å². The number of carbonyl (C=O) groups is 1. The number of likely N-dealkylation sites (N-methyl/N-ethyl adjacent to an activating group) is 1. The molecule has 2 aromatic carbocycles. The summed E-state index contributed by atoms with van der Waals surface area (Å²) in [4.78, 5) is 22.5. The molecule has 0 bridgehead atoms. The molecule has 3 aromatic rings. The lowest BCUT2D eigenvalue weighted by Crippen LogP contribution is -2.38. The van der Waals surface area contributed by atoms with Crippen molar-refractivity contribution < 1.29 is 27.4 Å². The Morgan fingerprint density at radius 3 is 2.11 bits per heavy atom. The van der Waals surface area contributed by atoms with Crippen LogP contribution in [0, 0.1) is 0 Å². The predicted octanol–water partition coefficient (Wildman–Crippen LogP) is 3.71. The first-order valence-electron chi connectivity index (χ1n) is 11.1. The Balaban J connectivity index is 2.09. The Bertz CT molecular complexity index is 1280. The molecule has 0 N–H and O–H groups in total. The van der Waals surface area contributed by atoms with E-state index in [0.29, 0.717) is 51.2 Å². The van der Waals surface area contributed by atoms with Crippen molar-refractivity contribution in [3.05, 3.63) is 35.9 Å². The summed E-state index contributed by atoms with van der Waals surface area (Å²) in [5, 5.41) is 0.483. The molecule has 3 rings (SSSR count). The molecule has 35 heavy (non-hydrogen) atoms. The van der Waals surface area contributed by atoms with Crippen molar-refractivity contribution in [3.63, 3.8) is 0 Å². The van der Waals surface area contributed by atoms with E-state index in [9.17, 15) is 13.2 Å². The topological polar surface area (TPSA) is 98.3 Å². The quantitative estimate of drug-likeness (QED) is 0.377. The molecular weight excluding hydrogens is 490 g/mol. The molecule has 0 aliphatic heterocycles. The highest BCUT2D eigenvalue weighted by Gasteiger charge is 2.25. The van der Waals surface area contributed by atoms with Crippen LogP contribution in [0.15, 0.2) is 35.2 Å². The molecule has 0 aliphatic rings. The fourth-order valence-corrected chi connectivity index (χ4v) is 5.42. The minimum Gasteiger partial charge on any atom is -0.493 e. The van der Waals surface area contributed by atoms with E-state index < -0.39 is 9.84 Å². The number of amides is 1. The summed E-state index contributed by atoms with van der Waals surface area (Å²) in [6.45, 7) is 6.88. The monoisotopic (exact) mass is 521 g/mol. The molecule has 1 heterocycles. The SMILES string of the molecule is CCN(CC)CCN(C(=O)c1cc(OC)c(OC)c(OC)c1)c1nc2ccc(S(C)(=O)=O)cc2s1. The van der Waals surface area contributed by atoms with Crippen LogP contribution >= 0.6 is 11.3 Å². The fraction of sp³-hybridized carbons (Fsp3) is 0.417. The summed E-state index contributed by atoms with van der Waals surface area (Å²) in [5.74, 6) is 0.871. The molecule has 11 heteroatoms. The minimum absolute atomic E-state index is 0.214. The number of hydrogen-bond donors (Lipinski definition) is 0. The average Bonchev–Trinajstić information content (AvgIpc) is 3.27. The van der Waals surface area contributed by atoms with Gasteiger partial charge in [-0.2, -0.15) is 0 Å². The number of benzene rings is 2. The lowest BCUT2D eigenvalue weighted by atomic mass is 10.1. The van der Waals surface area contributed by atoms with Crippen molar-refractivity contribution in [3.8, 4) is 17.2 Å². The molecule has 0 radical (unpaired) electrons. The summed E-state index contributed by atoms with van der Waals surface area (Å²) >= 11 is 1.28. The zero-order valence-corrected chi connectivity index (χ0v) is 22.5. The lowest BCUT2D eigenvalue weighted by molar-refractivity contribution is 0.0983. The van der Waals surface area contributed by atoms with Gasteiger partial charge in [0, 0.05) is 24.9 Å². The summed E-state index contributed by atoms with van der Waals surface area (Å²) in [7, 11) is 1.13. The summed E-state index contributed by atoms with van der Waals surface area (Å²) in [6, 6.07) is 8.02. The third kappa shape index (κ3) is 5.85. The van der Waals surface area contributed by atoms with E-state index in [2.05, 4.69) is 23.7 Å². The third-order valence-corrected chi connectivity index (χ3v) is 7.85. The van der Waals surface area contributed by atoms with Gasteiger partial charge in [-0.15, -0.1) is 0 Å². The van der Waals surface area contributed by atoms with Crippen molar-refractivity contribution in [2.75, 3.05) is 58.7 Å². The maximum Gasteiger partial charge on any atom is 0.260 e. The number of fused-ring (bicyclic) bond motifs is 1. The van der Waals surface area contributed by atoms with Gasteiger partial charge in [0.1, 0.15) is 0 Å². The van der Waals surface area contributed by atoms with Crippen LogP contribution in [0.2, 0.25) is 0 Å². The number of anilines is 1. The Morgan fingerprint density at radius 2 is 1.60 bits per heavy atom. The van der Waals surface area contributed by atoms with Crippen molar-refractivity contribution in [2.45, 2.75) is 18.7 Å². The van der Waals surface area contributed by atoms with Crippen molar-refractivity contribution in [1.82, 2.24) is 9.88 Å². The van der Waals surface area contributed by atoms with Crippen molar-refractivity contribution >= 4 is 42.4 Å². The van der Waals surface area contributed by atoms with E-state index in [1.165, 1.54) is 45.0 Å². The molecule has 0 fully saturated rings. The van der Waals surface area contributed by atoms with Crippen molar-refractivity contribution in [2.24, 2.45) is 0 Å². The molecular formula is C24H31N3O6S2. The van der Waals surface area contributed by atoms with Crippen LogP contribution in [-0.2, 0) is 9.84 Å². The molecule has 0 unspecified atom stereocenters. The molecule has 0 saturated carbocycles. The van der Waals surface area contributed by atoms with Crippen molar-refractivity contribution in [1.29, 1.82) is 0 Å². The summed E-state index contributed by atoms with van der Waals surface area (Å²) < 4.78 is 40.9. The second kappa shape index (κ2) is 11.2. The molecule has 9 nitrogen and oxygen atoms in total. The Hall–Kier alpha value is -2.89.